The van der Waals surface area contributed by atoms with E-state index >= 15 is 0 Å². The molecule has 1 heterocycles. The van der Waals surface area contributed by atoms with Gasteiger partial charge >= 0.3 is 6.09 Å². The summed E-state index contributed by atoms with van der Waals surface area (Å²) in [5.41, 5.74) is 0.389. The van der Waals surface area contributed by atoms with Crippen LogP contribution in [-0.2, 0) is 4.74 Å². The maximum atomic E-state index is 13.9. The summed E-state index contributed by atoms with van der Waals surface area (Å²) >= 11 is 0. The normalized spacial score (nSPS) is 18.9. The topological polar surface area (TPSA) is 53.3 Å². The molecule has 0 spiro atoms. The minimum absolute atomic E-state index is 0.159. The van der Waals surface area contributed by atoms with Gasteiger partial charge in [0, 0.05) is 0 Å². The summed E-state index contributed by atoms with van der Waals surface area (Å²) in [6, 6.07) is 5.73. The van der Waals surface area contributed by atoms with Crippen molar-refractivity contribution in [2.45, 2.75) is 19.9 Å². The summed E-state index contributed by atoms with van der Waals surface area (Å²) in [7, 11) is 0. The molecule has 1 aliphatic rings. The van der Waals surface area contributed by atoms with Crippen LogP contribution in [0.25, 0.3) is 0 Å². The minimum atomic E-state index is -0.585. The summed E-state index contributed by atoms with van der Waals surface area (Å²) in [5, 5.41) is 8.69. The number of benzene rings is 1. The van der Waals surface area contributed by atoms with Gasteiger partial charge in [-0.25, -0.2) is 9.18 Å². The Bertz CT molecular complexity index is 522. The molecule has 1 saturated heterocycles. The molecule has 4 nitrogen and oxygen atoms in total. The maximum Gasteiger partial charge on any atom is 0.414 e. The van der Waals surface area contributed by atoms with Gasteiger partial charge in [-0.3, -0.25) is 4.90 Å². The van der Waals surface area contributed by atoms with E-state index in [0.717, 1.165) is 6.07 Å². The van der Waals surface area contributed by atoms with Crippen molar-refractivity contribution >= 4 is 11.8 Å². The first-order chi connectivity index (χ1) is 8.54. The molecule has 0 radical (unpaired) electrons. The smallest absolute Gasteiger partial charge is 0.414 e. The van der Waals surface area contributed by atoms with Crippen LogP contribution in [0.15, 0.2) is 18.2 Å². The van der Waals surface area contributed by atoms with E-state index in [1.807, 2.05) is 19.9 Å². The van der Waals surface area contributed by atoms with Crippen molar-refractivity contribution in [1.82, 2.24) is 0 Å². The molecule has 1 amide bonds. The Kier molecular flexibility index (Phi) is 3.19. The van der Waals surface area contributed by atoms with Crippen LogP contribution in [0.1, 0.15) is 19.4 Å². The first-order valence-electron chi connectivity index (χ1n) is 5.70. The number of nitrogens with zero attached hydrogens (tertiary/aromatic N) is 2. The zero-order valence-electron chi connectivity index (χ0n) is 10.2. The molecule has 0 bridgehead atoms. The molecule has 1 aromatic carbocycles. The van der Waals surface area contributed by atoms with Crippen LogP contribution in [-0.4, -0.2) is 18.7 Å². The lowest BCUT2D eigenvalue weighted by Crippen LogP contribution is -2.37. The van der Waals surface area contributed by atoms with E-state index in [1.165, 1.54) is 17.0 Å². The summed E-state index contributed by atoms with van der Waals surface area (Å²) < 4.78 is 18.9. The highest BCUT2D eigenvalue weighted by Gasteiger charge is 2.37. The molecule has 0 N–H and O–H groups in total. The number of anilines is 1. The second-order valence-corrected chi connectivity index (χ2v) is 4.54. The molecule has 1 fully saturated rings. The number of nitriles is 1. The van der Waals surface area contributed by atoms with E-state index in [-0.39, 0.29) is 29.8 Å². The number of carbonyl (C=O) groups is 1. The summed E-state index contributed by atoms with van der Waals surface area (Å²) in [5.74, 6) is -0.426. The second-order valence-electron chi connectivity index (χ2n) is 4.54. The van der Waals surface area contributed by atoms with Crippen molar-refractivity contribution in [3.05, 3.63) is 29.6 Å². The Morgan fingerprint density at radius 2 is 2.28 bits per heavy atom. The van der Waals surface area contributed by atoms with Crippen molar-refractivity contribution in [1.29, 1.82) is 5.26 Å². The summed E-state index contributed by atoms with van der Waals surface area (Å²) in [6.45, 7) is 4.15. The van der Waals surface area contributed by atoms with Crippen LogP contribution in [0.2, 0.25) is 0 Å². The van der Waals surface area contributed by atoms with Gasteiger partial charge in [0.25, 0.3) is 0 Å². The number of rotatable bonds is 2. The minimum Gasteiger partial charge on any atom is -0.447 e. The Morgan fingerprint density at radius 3 is 2.83 bits per heavy atom. The lowest BCUT2D eigenvalue weighted by molar-refractivity contribution is 0.177. The largest absolute Gasteiger partial charge is 0.447 e. The van der Waals surface area contributed by atoms with Gasteiger partial charge < -0.3 is 4.74 Å². The average Bonchev–Trinajstić information content (AvgIpc) is 2.71. The number of hydrogen-bond acceptors (Lipinski definition) is 3. The van der Waals surface area contributed by atoms with E-state index in [2.05, 4.69) is 0 Å². The third-order valence-corrected chi connectivity index (χ3v) is 3.01. The van der Waals surface area contributed by atoms with E-state index in [1.54, 1.807) is 0 Å². The van der Waals surface area contributed by atoms with Gasteiger partial charge in [0.15, 0.2) is 0 Å². The van der Waals surface area contributed by atoms with Crippen molar-refractivity contribution < 1.29 is 13.9 Å². The van der Waals surface area contributed by atoms with Crippen molar-refractivity contribution in [3.8, 4) is 6.07 Å². The van der Waals surface area contributed by atoms with Crippen molar-refractivity contribution in [2.75, 3.05) is 11.5 Å². The standard InChI is InChI=1S/C13H13FN2O2/c1-8(2)12-7-18-13(17)16(12)11-4-3-9(6-15)5-10(11)14/h3-5,8,12H,7H2,1-2H3. The summed E-state index contributed by atoms with van der Waals surface area (Å²) in [4.78, 5) is 13.0. The fraction of sp³-hybridized carbons (Fsp3) is 0.385. The van der Waals surface area contributed by atoms with Crippen molar-refractivity contribution in [2.24, 2.45) is 5.92 Å². The lowest BCUT2D eigenvalue weighted by Gasteiger charge is -2.24. The Morgan fingerprint density at radius 1 is 1.56 bits per heavy atom. The Balaban J connectivity index is 2.41. The van der Waals surface area contributed by atoms with Crippen LogP contribution in [0, 0.1) is 23.1 Å². The van der Waals surface area contributed by atoms with E-state index < -0.39 is 11.9 Å². The van der Waals surface area contributed by atoms with E-state index in [9.17, 15) is 9.18 Å². The number of halogens is 1. The van der Waals surface area contributed by atoms with Gasteiger partial charge in [-0.05, 0) is 24.1 Å². The molecule has 0 aromatic heterocycles. The predicted molar refractivity (Wildman–Crippen MR) is 63.6 cm³/mol. The highest BCUT2D eigenvalue weighted by atomic mass is 19.1. The van der Waals surface area contributed by atoms with Gasteiger partial charge in [-0.2, -0.15) is 5.26 Å². The number of amides is 1. The van der Waals surface area contributed by atoms with Gasteiger partial charge in [-0.1, -0.05) is 13.8 Å². The monoisotopic (exact) mass is 248 g/mol. The highest BCUT2D eigenvalue weighted by molar-refractivity contribution is 5.90. The molecule has 94 valence electrons. The summed E-state index contributed by atoms with van der Waals surface area (Å²) in [6.07, 6.45) is -0.544. The lowest BCUT2D eigenvalue weighted by atomic mass is 10.0. The fourth-order valence-electron chi connectivity index (χ4n) is 1.98. The second kappa shape index (κ2) is 4.65. The molecular formula is C13H13FN2O2. The molecule has 5 heteroatoms. The fourth-order valence-corrected chi connectivity index (χ4v) is 1.98. The van der Waals surface area contributed by atoms with Crippen molar-refractivity contribution in [3.63, 3.8) is 0 Å². The van der Waals surface area contributed by atoms with Crippen LogP contribution < -0.4 is 4.90 Å². The number of ether oxygens (including phenoxy) is 1. The van der Waals surface area contributed by atoms with E-state index in [4.69, 9.17) is 10.00 Å². The Labute approximate surface area is 105 Å². The SMILES string of the molecule is CC(C)C1COC(=O)N1c1ccc(C#N)cc1F. The molecule has 0 saturated carbocycles. The Hall–Kier alpha value is -2.09. The molecule has 2 rings (SSSR count). The van der Waals surface area contributed by atoms with Crippen LogP contribution in [0.4, 0.5) is 14.9 Å². The van der Waals surface area contributed by atoms with Gasteiger partial charge in [0.1, 0.15) is 12.4 Å². The van der Waals surface area contributed by atoms with E-state index in [0.29, 0.717) is 0 Å². The average molecular weight is 248 g/mol. The molecule has 1 aliphatic heterocycles. The van der Waals surface area contributed by atoms with Gasteiger partial charge in [0.05, 0.1) is 23.4 Å². The molecule has 1 atom stereocenters. The van der Waals surface area contributed by atoms with Crippen LogP contribution >= 0.6 is 0 Å². The zero-order chi connectivity index (χ0) is 13.3. The first kappa shape index (κ1) is 12.4. The molecule has 1 aromatic rings. The van der Waals surface area contributed by atoms with Crippen LogP contribution in [0.5, 0.6) is 0 Å². The predicted octanol–water partition coefficient (Wildman–Crippen LogP) is 2.68. The molecular weight excluding hydrogens is 235 g/mol. The molecule has 18 heavy (non-hydrogen) atoms. The highest BCUT2D eigenvalue weighted by Crippen LogP contribution is 2.29. The zero-order valence-corrected chi connectivity index (χ0v) is 10.2. The quantitative estimate of drug-likeness (QED) is 0.808. The molecule has 1 unspecified atom stereocenters. The van der Waals surface area contributed by atoms with Gasteiger partial charge in [0.2, 0.25) is 0 Å². The maximum absolute atomic E-state index is 13.9. The number of cyclic esters (lactones) is 1. The van der Waals surface area contributed by atoms with Crippen LogP contribution in [0.3, 0.4) is 0 Å². The van der Waals surface area contributed by atoms with Gasteiger partial charge in [-0.15, -0.1) is 0 Å². The number of hydrogen-bond donors (Lipinski definition) is 0. The molecule has 0 aliphatic carbocycles. The third-order valence-electron chi connectivity index (χ3n) is 3.01. The third kappa shape index (κ3) is 2.02. The first-order valence-corrected chi connectivity index (χ1v) is 5.70. The number of carbonyl (C=O) groups excluding carboxylic acids is 1.